The van der Waals surface area contributed by atoms with Crippen molar-refractivity contribution in [3.8, 4) is 0 Å². The van der Waals surface area contributed by atoms with Crippen molar-refractivity contribution in [2.75, 3.05) is 0 Å². The molecule has 6 heteroatoms. The van der Waals surface area contributed by atoms with E-state index in [0.717, 1.165) is 0 Å². The molecule has 0 bridgehead atoms. The molecule has 0 spiro atoms. The standard InChI is InChI=1S/O4Si.Sb.H/c1-5(2,3)4;;/q-4;+4;. The Bertz CT molecular complexity index is 23.0. The van der Waals surface area contributed by atoms with Crippen LogP contribution in [0.5, 0.6) is 0 Å². The second kappa shape index (κ2) is 2.95. The molecule has 0 aromatic rings. The van der Waals surface area contributed by atoms with Gasteiger partial charge in [0.25, 0.3) is 0 Å². The summed E-state index contributed by atoms with van der Waals surface area (Å²) in [6, 6.07) is 0. The van der Waals surface area contributed by atoms with Gasteiger partial charge in [-0.2, -0.15) is 0 Å². The first-order valence-electron chi connectivity index (χ1n) is 0.816. The van der Waals surface area contributed by atoms with Crippen LogP contribution in [0.15, 0.2) is 0 Å². The fraction of sp³-hybridized carbons (Fsp3) is 0. The van der Waals surface area contributed by atoms with Crippen LogP contribution in [0.25, 0.3) is 0 Å². The van der Waals surface area contributed by atoms with E-state index in [2.05, 4.69) is 0 Å². The predicted molar refractivity (Wildman–Crippen MR) is 12.9 cm³/mol. The molecular weight excluding hydrogens is 214 g/mol. The molecule has 0 rings (SSSR count). The van der Waals surface area contributed by atoms with Crippen molar-refractivity contribution < 1.29 is 19.2 Å². The Morgan fingerprint density at radius 1 is 0.833 bits per heavy atom. The van der Waals surface area contributed by atoms with Gasteiger partial charge in [0.2, 0.25) is 0 Å². The summed E-state index contributed by atoms with van der Waals surface area (Å²) in [7, 11) is -5.61. The van der Waals surface area contributed by atoms with Crippen molar-refractivity contribution in [2.24, 2.45) is 0 Å². The van der Waals surface area contributed by atoms with Gasteiger partial charge in [0.15, 0.2) is 0 Å². The van der Waals surface area contributed by atoms with Crippen molar-refractivity contribution in [3.05, 3.63) is 0 Å². The molecule has 0 atom stereocenters. The van der Waals surface area contributed by atoms with Crippen LogP contribution in [-0.2, 0) is 0 Å². The summed E-state index contributed by atoms with van der Waals surface area (Å²) >= 11 is 0. The van der Waals surface area contributed by atoms with Crippen LogP contribution in [0.4, 0.5) is 0 Å². The van der Waals surface area contributed by atoms with Crippen LogP contribution in [0.2, 0.25) is 0 Å². The van der Waals surface area contributed by atoms with E-state index in [9.17, 15) is 0 Å². The van der Waals surface area contributed by atoms with Gasteiger partial charge in [-0.05, 0) is 0 Å². The van der Waals surface area contributed by atoms with Crippen molar-refractivity contribution in [1.29, 1.82) is 0 Å². The Kier molecular flexibility index (Phi) is 4.92. The first-order valence-corrected chi connectivity index (χ1v) is 2.45. The molecule has 0 fully saturated rings. The molecule has 34 valence electrons. The number of hydrogen-bond donors (Lipinski definition) is 0. The molecule has 0 N–H and O–H groups in total. The SMILES string of the molecule is [O-][Si]([O-])([O-])[O-].[SbH+4]. The van der Waals surface area contributed by atoms with E-state index in [1.165, 1.54) is 0 Å². The minimum absolute atomic E-state index is 0. The number of rotatable bonds is 0. The summed E-state index contributed by atoms with van der Waals surface area (Å²) in [6.45, 7) is 0. The first-order chi connectivity index (χ1) is 2.00. The average molecular weight is 215 g/mol. The molecule has 6 heavy (non-hydrogen) atoms. The third-order valence-electron chi connectivity index (χ3n) is 0. The zero-order valence-electron chi connectivity index (χ0n) is 2.63. The van der Waals surface area contributed by atoms with Gasteiger partial charge in [-0.15, -0.1) is 0 Å². The molecule has 0 saturated heterocycles. The summed E-state index contributed by atoms with van der Waals surface area (Å²) < 4.78 is 0. The molecule has 0 aromatic carbocycles. The zero-order chi connectivity index (χ0) is 4.50. The summed E-state index contributed by atoms with van der Waals surface area (Å²) in [5.74, 6) is 0. The maximum atomic E-state index is 8.58. The van der Waals surface area contributed by atoms with Gasteiger partial charge < -0.3 is 28.2 Å². The van der Waals surface area contributed by atoms with Crippen molar-refractivity contribution in [3.63, 3.8) is 0 Å². The normalized spacial score (nSPS) is 10.0. The number of hydrogen-bond acceptors (Lipinski definition) is 4. The van der Waals surface area contributed by atoms with E-state index >= 15 is 0 Å². The Balaban J connectivity index is 0. The molecule has 0 heterocycles. The van der Waals surface area contributed by atoms with Crippen LogP contribution < -0.4 is 19.2 Å². The summed E-state index contributed by atoms with van der Waals surface area (Å²) in [5, 5.41) is 0. The van der Waals surface area contributed by atoms with E-state index in [1.807, 2.05) is 0 Å². The Hall–Kier alpha value is 0.875. The van der Waals surface area contributed by atoms with Gasteiger partial charge in [0.1, 0.15) is 0 Å². The third kappa shape index (κ3) is 95.6. The Labute approximate surface area is 53.0 Å². The van der Waals surface area contributed by atoms with Crippen LogP contribution >= 0.6 is 0 Å². The van der Waals surface area contributed by atoms with Crippen molar-refractivity contribution in [1.82, 2.24) is 0 Å². The van der Waals surface area contributed by atoms with Crippen LogP contribution in [0.1, 0.15) is 0 Å². The molecule has 0 aliphatic heterocycles. The average Bonchev–Trinajstić information content (AvgIpc) is 0.722. The van der Waals surface area contributed by atoms with Gasteiger partial charge in [0.05, 0.1) is 0 Å². The van der Waals surface area contributed by atoms with Gasteiger partial charge in [-0.1, -0.05) is 0 Å². The fourth-order valence-corrected chi connectivity index (χ4v) is 0. The van der Waals surface area contributed by atoms with Crippen molar-refractivity contribution >= 4 is 33.5 Å². The van der Waals surface area contributed by atoms with E-state index in [0.29, 0.717) is 0 Å². The molecular formula is HO4SbSi. The second-order valence-corrected chi connectivity index (χ2v) is 1.50. The van der Waals surface area contributed by atoms with Gasteiger partial charge in [-0.3, -0.25) is 0 Å². The molecule has 0 radical (unpaired) electrons. The summed E-state index contributed by atoms with van der Waals surface area (Å²) in [6.07, 6.45) is 0. The van der Waals surface area contributed by atoms with Gasteiger partial charge in [-0.25, -0.2) is 0 Å². The maximum absolute atomic E-state index is 8.58. The van der Waals surface area contributed by atoms with Crippen LogP contribution in [0, 0.1) is 0 Å². The Morgan fingerprint density at radius 2 is 0.833 bits per heavy atom. The molecule has 4 nitrogen and oxygen atoms in total. The molecule has 0 amide bonds. The molecule has 0 unspecified atom stereocenters. The molecule has 0 aromatic heterocycles. The van der Waals surface area contributed by atoms with E-state index in [4.69, 9.17) is 19.2 Å². The molecule has 0 aliphatic rings. The summed E-state index contributed by atoms with van der Waals surface area (Å²) in [5.41, 5.74) is 0. The minimum atomic E-state index is -5.61. The van der Waals surface area contributed by atoms with E-state index in [-0.39, 0.29) is 24.4 Å². The molecule has 0 saturated carbocycles. The van der Waals surface area contributed by atoms with Crippen molar-refractivity contribution in [2.45, 2.75) is 0 Å². The van der Waals surface area contributed by atoms with E-state index < -0.39 is 9.05 Å². The summed E-state index contributed by atoms with van der Waals surface area (Å²) in [4.78, 5) is 34.3. The fourth-order valence-electron chi connectivity index (χ4n) is 0. The Morgan fingerprint density at radius 3 is 0.833 bits per heavy atom. The topological polar surface area (TPSA) is 92.2 Å². The van der Waals surface area contributed by atoms with Crippen LogP contribution in [-0.4, -0.2) is 33.5 Å². The van der Waals surface area contributed by atoms with Gasteiger partial charge in [0, 0.05) is 0 Å². The monoisotopic (exact) mass is 214 g/mol. The second-order valence-electron chi connectivity index (χ2n) is 0.500. The predicted octanol–water partition coefficient (Wildman–Crippen LogP) is -5.79. The quantitative estimate of drug-likeness (QED) is 0.376. The molecule has 0 aliphatic carbocycles. The van der Waals surface area contributed by atoms with Crippen LogP contribution in [0.3, 0.4) is 0 Å². The first kappa shape index (κ1) is 9.98. The van der Waals surface area contributed by atoms with Gasteiger partial charge >= 0.3 is 24.4 Å². The third-order valence-corrected chi connectivity index (χ3v) is 0. The zero-order valence-corrected chi connectivity index (χ0v) is 6.49. The van der Waals surface area contributed by atoms with E-state index in [1.54, 1.807) is 0 Å².